The summed E-state index contributed by atoms with van der Waals surface area (Å²) in [4.78, 5) is 39.3. The highest BCUT2D eigenvalue weighted by atomic mass is 16.2. The lowest BCUT2D eigenvalue weighted by Gasteiger charge is -2.43. The number of hydrogen-bond acceptors (Lipinski definition) is 3. The largest absolute Gasteiger partial charge is 0.325 e. The van der Waals surface area contributed by atoms with Crippen LogP contribution in [0.5, 0.6) is 0 Å². The van der Waals surface area contributed by atoms with Gasteiger partial charge in [-0.25, -0.2) is 4.79 Å². The molecule has 2 N–H and O–H groups in total. The fraction of sp³-hybridized carbons (Fsp3) is 0.435. The quantitative estimate of drug-likeness (QED) is 0.776. The zero-order chi connectivity index (χ0) is 20.8. The molecular weight excluding hydrogens is 366 g/mol. The summed E-state index contributed by atoms with van der Waals surface area (Å²) in [5.41, 5.74) is -0.284. The fourth-order valence-electron chi connectivity index (χ4n) is 5.26. The van der Waals surface area contributed by atoms with Crippen molar-refractivity contribution in [3.63, 3.8) is 0 Å². The normalized spacial score (nSPS) is 26.0. The van der Waals surface area contributed by atoms with Crippen molar-refractivity contribution in [3.05, 3.63) is 42.5 Å². The van der Waals surface area contributed by atoms with E-state index in [1.54, 1.807) is 0 Å². The van der Waals surface area contributed by atoms with Gasteiger partial charge < -0.3 is 10.6 Å². The molecule has 2 fully saturated rings. The minimum absolute atomic E-state index is 0.0377. The van der Waals surface area contributed by atoms with Gasteiger partial charge >= 0.3 is 6.03 Å². The molecule has 6 heteroatoms. The lowest BCUT2D eigenvalue weighted by atomic mass is 9.64. The molecule has 1 spiro atoms. The van der Waals surface area contributed by atoms with Crippen LogP contribution in [-0.2, 0) is 9.59 Å². The molecule has 1 aliphatic heterocycles. The third-order valence-electron chi connectivity index (χ3n) is 5.96. The molecule has 2 aliphatic rings. The molecule has 0 bridgehead atoms. The number of carbonyl (C=O) groups is 3. The van der Waals surface area contributed by atoms with Crippen LogP contribution >= 0.6 is 0 Å². The van der Waals surface area contributed by atoms with E-state index in [1.807, 2.05) is 42.5 Å². The highest BCUT2D eigenvalue weighted by molar-refractivity contribution is 6.10. The van der Waals surface area contributed by atoms with Crippen molar-refractivity contribution in [2.24, 2.45) is 11.3 Å². The summed E-state index contributed by atoms with van der Waals surface area (Å²) in [6.45, 7) is 6.07. The number of benzene rings is 2. The molecule has 6 nitrogen and oxygen atoms in total. The van der Waals surface area contributed by atoms with E-state index in [2.05, 4.69) is 31.4 Å². The minimum atomic E-state index is -0.887. The first-order valence-electron chi connectivity index (χ1n) is 10.1. The Kier molecular flexibility index (Phi) is 4.60. The number of rotatable bonds is 3. The van der Waals surface area contributed by atoms with E-state index in [0.717, 1.165) is 22.1 Å². The predicted molar refractivity (Wildman–Crippen MR) is 112 cm³/mol. The van der Waals surface area contributed by atoms with E-state index < -0.39 is 11.6 Å². The van der Waals surface area contributed by atoms with Gasteiger partial charge in [-0.3, -0.25) is 14.5 Å². The van der Waals surface area contributed by atoms with Crippen LogP contribution in [0.1, 0.15) is 40.0 Å². The molecule has 2 aromatic carbocycles. The van der Waals surface area contributed by atoms with E-state index >= 15 is 0 Å². The highest BCUT2D eigenvalue weighted by Crippen LogP contribution is 2.46. The number of nitrogens with zero attached hydrogens (tertiary/aromatic N) is 1. The Hall–Kier alpha value is -2.89. The maximum absolute atomic E-state index is 13.2. The highest BCUT2D eigenvalue weighted by Gasteiger charge is 2.56. The van der Waals surface area contributed by atoms with Gasteiger partial charge in [-0.05, 0) is 53.5 Å². The molecule has 0 radical (unpaired) electrons. The lowest BCUT2D eigenvalue weighted by molar-refractivity contribution is -0.136. The summed E-state index contributed by atoms with van der Waals surface area (Å²) in [5.74, 6) is -0.339. The number of fused-ring (bicyclic) bond motifs is 1. The number of nitrogens with one attached hydrogen (secondary N) is 2. The van der Waals surface area contributed by atoms with Gasteiger partial charge in [0.1, 0.15) is 12.1 Å². The van der Waals surface area contributed by atoms with Crippen molar-refractivity contribution in [1.29, 1.82) is 0 Å². The van der Waals surface area contributed by atoms with Gasteiger partial charge in [-0.15, -0.1) is 0 Å². The van der Waals surface area contributed by atoms with Crippen LogP contribution in [0, 0.1) is 11.3 Å². The summed E-state index contributed by atoms with van der Waals surface area (Å²) >= 11 is 0. The second-order valence-corrected chi connectivity index (χ2v) is 9.37. The first kappa shape index (κ1) is 19.4. The van der Waals surface area contributed by atoms with Crippen molar-refractivity contribution in [3.8, 4) is 0 Å². The molecule has 4 amide bonds. The van der Waals surface area contributed by atoms with Crippen molar-refractivity contribution < 1.29 is 14.4 Å². The summed E-state index contributed by atoms with van der Waals surface area (Å²) in [7, 11) is 0. The van der Waals surface area contributed by atoms with Gasteiger partial charge in [0.05, 0.1) is 0 Å². The number of urea groups is 1. The van der Waals surface area contributed by atoms with E-state index in [4.69, 9.17) is 0 Å². The Morgan fingerprint density at radius 2 is 1.86 bits per heavy atom. The first-order chi connectivity index (χ1) is 13.7. The van der Waals surface area contributed by atoms with Crippen LogP contribution < -0.4 is 10.6 Å². The number of anilines is 1. The second-order valence-electron chi connectivity index (χ2n) is 9.37. The monoisotopic (exact) mass is 393 g/mol. The predicted octanol–water partition coefficient (Wildman–Crippen LogP) is 3.92. The standard InChI is InChI=1S/C23H27N3O3/c1-15-11-22(2,3)14-23(12-15)20(28)26(21(29)25-23)13-19(27)24-18-9-8-16-6-4-5-7-17(16)10-18/h4-10,15H,11-14H2,1-3H3,(H,24,27)(H,25,29)/t15-,23+/m1/s1. The van der Waals surface area contributed by atoms with E-state index in [9.17, 15) is 14.4 Å². The molecule has 152 valence electrons. The second kappa shape index (κ2) is 6.87. The van der Waals surface area contributed by atoms with E-state index in [0.29, 0.717) is 24.4 Å². The van der Waals surface area contributed by atoms with Gasteiger partial charge in [0, 0.05) is 5.69 Å². The molecule has 0 unspecified atom stereocenters. The van der Waals surface area contributed by atoms with Crippen LogP contribution in [0.25, 0.3) is 10.8 Å². The van der Waals surface area contributed by atoms with Gasteiger partial charge in [0.2, 0.25) is 5.91 Å². The van der Waals surface area contributed by atoms with Crippen LogP contribution in [0.3, 0.4) is 0 Å². The SMILES string of the molecule is C[C@@H]1CC(C)(C)C[C@]2(C1)NC(=O)N(CC(=O)Nc1ccc3ccccc3c1)C2=O. The molecule has 1 saturated heterocycles. The third kappa shape index (κ3) is 3.71. The van der Waals surface area contributed by atoms with Crippen molar-refractivity contribution in [2.45, 2.75) is 45.6 Å². The zero-order valence-electron chi connectivity index (χ0n) is 17.1. The summed E-state index contributed by atoms with van der Waals surface area (Å²) in [6.07, 6.45) is 2.22. The summed E-state index contributed by atoms with van der Waals surface area (Å²) in [6, 6.07) is 13.0. The molecule has 4 rings (SSSR count). The van der Waals surface area contributed by atoms with E-state index in [1.165, 1.54) is 0 Å². The lowest BCUT2D eigenvalue weighted by Crippen LogP contribution is -2.54. The number of hydrogen-bond donors (Lipinski definition) is 2. The Morgan fingerprint density at radius 1 is 1.14 bits per heavy atom. The Morgan fingerprint density at radius 3 is 2.59 bits per heavy atom. The Labute approximate surface area is 170 Å². The van der Waals surface area contributed by atoms with Gasteiger partial charge in [0.15, 0.2) is 0 Å². The van der Waals surface area contributed by atoms with Crippen molar-refractivity contribution >= 4 is 34.3 Å². The topological polar surface area (TPSA) is 78.5 Å². The first-order valence-corrected chi connectivity index (χ1v) is 10.1. The minimum Gasteiger partial charge on any atom is -0.325 e. The molecule has 2 atom stereocenters. The zero-order valence-corrected chi connectivity index (χ0v) is 17.1. The smallest absolute Gasteiger partial charge is 0.325 e. The van der Waals surface area contributed by atoms with Crippen molar-refractivity contribution in [2.75, 3.05) is 11.9 Å². The molecule has 29 heavy (non-hydrogen) atoms. The maximum Gasteiger partial charge on any atom is 0.325 e. The number of imide groups is 1. The number of amides is 4. The fourth-order valence-corrected chi connectivity index (χ4v) is 5.26. The maximum atomic E-state index is 13.2. The Balaban J connectivity index is 1.48. The summed E-state index contributed by atoms with van der Waals surface area (Å²) < 4.78 is 0. The van der Waals surface area contributed by atoms with Gasteiger partial charge in [-0.2, -0.15) is 0 Å². The van der Waals surface area contributed by atoms with Crippen molar-refractivity contribution in [1.82, 2.24) is 10.2 Å². The molecular formula is C23H27N3O3. The van der Waals surface area contributed by atoms with Crippen LogP contribution in [0.15, 0.2) is 42.5 Å². The van der Waals surface area contributed by atoms with Crippen LogP contribution in [0.2, 0.25) is 0 Å². The van der Waals surface area contributed by atoms with Crippen LogP contribution in [-0.4, -0.2) is 34.8 Å². The average molecular weight is 393 g/mol. The molecule has 1 saturated carbocycles. The number of carbonyl (C=O) groups excluding carboxylic acids is 3. The van der Waals surface area contributed by atoms with E-state index in [-0.39, 0.29) is 23.8 Å². The summed E-state index contributed by atoms with van der Waals surface area (Å²) in [5, 5.41) is 7.80. The molecule has 1 aliphatic carbocycles. The average Bonchev–Trinajstić information content (AvgIpc) is 2.83. The Bertz CT molecular complexity index is 1000. The van der Waals surface area contributed by atoms with Crippen LogP contribution in [0.4, 0.5) is 10.5 Å². The molecule has 2 aromatic rings. The molecule has 1 heterocycles. The van der Waals surface area contributed by atoms with Gasteiger partial charge in [0.25, 0.3) is 5.91 Å². The van der Waals surface area contributed by atoms with Gasteiger partial charge in [-0.1, -0.05) is 51.1 Å². The molecule has 0 aromatic heterocycles. The third-order valence-corrected chi connectivity index (χ3v) is 5.96.